The quantitative estimate of drug-likeness (QED) is 0.676. The fourth-order valence-corrected chi connectivity index (χ4v) is 4.04. The Balaban J connectivity index is 1.52. The molecule has 2 unspecified atom stereocenters. The molecule has 4 heterocycles. The molecule has 0 amide bonds. The van der Waals surface area contributed by atoms with Crippen LogP contribution < -0.4 is 10.1 Å². The first kappa shape index (κ1) is 17.3. The van der Waals surface area contributed by atoms with Crippen molar-refractivity contribution in [2.24, 2.45) is 11.8 Å². The van der Waals surface area contributed by atoms with E-state index >= 15 is 0 Å². The van der Waals surface area contributed by atoms with Crippen molar-refractivity contribution >= 4 is 28.5 Å². The number of hydrogen-bond donors (Lipinski definition) is 1. The summed E-state index contributed by atoms with van der Waals surface area (Å²) in [4.78, 5) is 12.0. The molecule has 2 aliphatic heterocycles. The van der Waals surface area contributed by atoms with Crippen LogP contribution in [-0.2, 0) is 4.74 Å². The zero-order valence-electron chi connectivity index (χ0n) is 14.7. The summed E-state index contributed by atoms with van der Waals surface area (Å²) in [5, 5.41) is 12.2. The number of nitrogens with one attached hydrogen (secondary N) is 1. The molecule has 28 heavy (non-hydrogen) atoms. The molecule has 5 rings (SSSR count). The van der Waals surface area contributed by atoms with Crippen LogP contribution in [0.1, 0.15) is 0 Å². The second kappa shape index (κ2) is 6.98. The molecule has 2 aromatic heterocycles. The van der Waals surface area contributed by atoms with Gasteiger partial charge in [-0.3, -0.25) is 0 Å². The third-order valence-corrected chi connectivity index (χ3v) is 5.45. The summed E-state index contributed by atoms with van der Waals surface area (Å²) in [6.07, 6.45) is 1.45. The van der Waals surface area contributed by atoms with Gasteiger partial charge in [-0.25, -0.2) is 9.83 Å². The monoisotopic (exact) mass is 397 g/mol. The second-order valence-electron chi connectivity index (χ2n) is 6.90. The zero-order chi connectivity index (χ0) is 19.1. The zero-order valence-corrected chi connectivity index (χ0v) is 15.5. The minimum atomic E-state index is 0.0137. The Hall–Kier alpha value is -2.80. The summed E-state index contributed by atoms with van der Waals surface area (Å²) in [5.41, 5.74) is 2.02. The number of rotatable bonds is 3. The molecule has 2 atom stereocenters. The van der Waals surface area contributed by atoms with E-state index in [9.17, 15) is 0 Å². The van der Waals surface area contributed by atoms with Gasteiger partial charge in [-0.15, -0.1) is 5.10 Å². The molecule has 1 aromatic carbocycles. The highest BCUT2D eigenvalue weighted by Gasteiger charge is 2.39. The lowest BCUT2D eigenvalue weighted by molar-refractivity contribution is -0.0830. The summed E-state index contributed by atoms with van der Waals surface area (Å²) in [6.45, 7) is 10.1. The van der Waals surface area contributed by atoms with Crippen molar-refractivity contribution in [3.8, 4) is 11.6 Å². The number of fused-ring (bicyclic) bond motifs is 3. The normalized spacial score (nSPS) is 24.1. The minimum Gasteiger partial charge on any atom is -0.472 e. The molecule has 0 saturated carbocycles. The fourth-order valence-electron chi connectivity index (χ4n) is 3.78. The van der Waals surface area contributed by atoms with Crippen LogP contribution in [0.4, 0.5) is 5.69 Å². The number of aromatic nitrogens is 5. The highest BCUT2D eigenvalue weighted by atomic mass is 35.5. The molecule has 9 nitrogen and oxygen atoms in total. The van der Waals surface area contributed by atoms with Gasteiger partial charge in [0.15, 0.2) is 16.9 Å². The molecule has 2 saturated heterocycles. The molecule has 2 bridgehead atoms. The van der Waals surface area contributed by atoms with Crippen molar-refractivity contribution in [3.63, 3.8) is 0 Å². The first-order valence-corrected chi connectivity index (χ1v) is 9.31. The van der Waals surface area contributed by atoms with Crippen molar-refractivity contribution in [2.75, 3.05) is 26.3 Å². The number of ether oxygens (including phenoxy) is 2. The maximum atomic E-state index is 7.10. The largest absolute Gasteiger partial charge is 0.472 e. The van der Waals surface area contributed by atoms with Crippen molar-refractivity contribution in [1.29, 1.82) is 0 Å². The van der Waals surface area contributed by atoms with Crippen molar-refractivity contribution in [2.45, 2.75) is 6.10 Å². The van der Waals surface area contributed by atoms with E-state index in [2.05, 4.69) is 30.4 Å². The van der Waals surface area contributed by atoms with E-state index in [0.717, 1.165) is 13.1 Å². The van der Waals surface area contributed by atoms with E-state index in [-0.39, 0.29) is 17.9 Å². The van der Waals surface area contributed by atoms with Gasteiger partial charge in [-0.2, -0.15) is 9.67 Å². The predicted octanol–water partition coefficient (Wildman–Crippen LogP) is 2.03. The van der Waals surface area contributed by atoms with E-state index < -0.39 is 0 Å². The van der Waals surface area contributed by atoms with Gasteiger partial charge in [0, 0.05) is 24.9 Å². The molecule has 2 fully saturated rings. The Kier molecular flexibility index (Phi) is 4.31. The Bertz CT molecular complexity index is 1060. The van der Waals surface area contributed by atoms with Gasteiger partial charge >= 0.3 is 0 Å². The summed E-state index contributed by atoms with van der Waals surface area (Å²) < 4.78 is 13.5. The SMILES string of the molecule is [C-]#[N+]c1ccc(-n2nnc3c(OC4C5CNCC4COC5)ncnc32)c(Cl)c1. The van der Waals surface area contributed by atoms with E-state index in [0.29, 0.717) is 46.7 Å². The molecule has 3 aromatic rings. The second-order valence-corrected chi connectivity index (χ2v) is 7.31. The number of nitrogens with zero attached hydrogens (tertiary/aromatic N) is 6. The van der Waals surface area contributed by atoms with Gasteiger partial charge in [-0.1, -0.05) is 22.9 Å². The number of piperidine rings is 1. The van der Waals surface area contributed by atoms with Gasteiger partial charge < -0.3 is 14.8 Å². The number of hydrogen-bond acceptors (Lipinski definition) is 7. The summed E-state index contributed by atoms with van der Waals surface area (Å²) in [5.74, 6) is 0.945. The van der Waals surface area contributed by atoms with Crippen molar-refractivity contribution in [1.82, 2.24) is 30.3 Å². The lowest BCUT2D eigenvalue weighted by Gasteiger charge is -2.41. The van der Waals surface area contributed by atoms with Crippen LogP contribution in [0.3, 0.4) is 0 Å². The average molecular weight is 398 g/mol. The summed E-state index contributed by atoms with van der Waals surface area (Å²) in [6, 6.07) is 4.99. The molecule has 0 radical (unpaired) electrons. The van der Waals surface area contributed by atoms with E-state index in [1.54, 1.807) is 18.2 Å². The maximum absolute atomic E-state index is 7.10. The lowest BCUT2D eigenvalue weighted by atomic mass is 9.86. The van der Waals surface area contributed by atoms with Crippen LogP contribution in [0.5, 0.6) is 5.88 Å². The first-order chi connectivity index (χ1) is 13.7. The van der Waals surface area contributed by atoms with Gasteiger partial charge in [-0.05, 0) is 12.1 Å². The number of halogens is 1. The summed E-state index contributed by atoms with van der Waals surface area (Å²) in [7, 11) is 0. The van der Waals surface area contributed by atoms with Crippen LogP contribution in [0, 0.1) is 18.4 Å². The van der Waals surface area contributed by atoms with Crippen molar-refractivity contribution < 1.29 is 9.47 Å². The third kappa shape index (κ3) is 2.86. The van der Waals surface area contributed by atoms with E-state index in [4.69, 9.17) is 27.6 Å². The lowest BCUT2D eigenvalue weighted by Crippen LogP contribution is -2.56. The summed E-state index contributed by atoms with van der Waals surface area (Å²) >= 11 is 6.33. The van der Waals surface area contributed by atoms with Crippen LogP contribution in [0.25, 0.3) is 21.7 Å². The van der Waals surface area contributed by atoms with E-state index in [1.807, 2.05) is 0 Å². The topological polar surface area (TPSA) is 91.3 Å². The maximum Gasteiger partial charge on any atom is 0.247 e. The fraction of sp³-hybridized carbons (Fsp3) is 0.389. The van der Waals surface area contributed by atoms with Gasteiger partial charge in [0.2, 0.25) is 5.88 Å². The molecule has 1 N–H and O–H groups in total. The van der Waals surface area contributed by atoms with Crippen LogP contribution in [-0.4, -0.2) is 57.4 Å². The number of benzene rings is 1. The predicted molar refractivity (Wildman–Crippen MR) is 101 cm³/mol. The van der Waals surface area contributed by atoms with Crippen LogP contribution in [0.15, 0.2) is 24.5 Å². The molecule has 2 aliphatic rings. The van der Waals surface area contributed by atoms with Crippen LogP contribution >= 0.6 is 11.6 Å². The van der Waals surface area contributed by atoms with Gasteiger partial charge in [0.25, 0.3) is 0 Å². The Morgan fingerprint density at radius 2 is 2.07 bits per heavy atom. The Labute approximate surface area is 165 Å². The Morgan fingerprint density at radius 3 is 2.82 bits per heavy atom. The third-order valence-electron chi connectivity index (χ3n) is 5.15. The highest BCUT2D eigenvalue weighted by molar-refractivity contribution is 6.32. The first-order valence-electron chi connectivity index (χ1n) is 8.93. The molecule has 0 aliphatic carbocycles. The molecule has 10 heteroatoms. The standard InChI is InChI=1S/C18H16ClN7O2/c1-20-12-2-3-14(13(19)4-12)26-17-15(24-25-26)18(23-9-22-17)28-16-10-5-21-6-11(16)8-27-7-10/h2-4,9-11,16,21H,5-8H2. The van der Waals surface area contributed by atoms with Gasteiger partial charge in [0.1, 0.15) is 12.4 Å². The van der Waals surface area contributed by atoms with Gasteiger partial charge in [0.05, 0.1) is 30.5 Å². The Morgan fingerprint density at radius 1 is 1.25 bits per heavy atom. The molecule has 0 spiro atoms. The smallest absolute Gasteiger partial charge is 0.247 e. The van der Waals surface area contributed by atoms with Crippen molar-refractivity contribution in [3.05, 3.63) is 41.0 Å². The molecular formula is C18H16ClN7O2. The van der Waals surface area contributed by atoms with Crippen LogP contribution in [0.2, 0.25) is 5.02 Å². The highest BCUT2D eigenvalue weighted by Crippen LogP contribution is 2.31. The minimum absolute atomic E-state index is 0.0137. The van der Waals surface area contributed by atoms with E-state index in [1.165, 1.54) is 11.0 Å². The average Bonchev–Trinajstić information content (AvgIpc) is 3.12. The molecular weight excluding hydrogens is 382 g/mol. The molecule has 142 valence electrons.